The third-order valence-electron chi connectivity index (χ3n) is 7.87. The van der Waals surface area contributed by atoms with Gasteiger partial charge in [0, 0.05) is 61.9 Å². The van der Waals surface area contributed by atoms with Crippen LogP contribution in [-0.2, 0) is 15.8 Å². The average Bonchev–Trinajstić information content (AvgIpc) is 3.37. The van der Waals surface area contributed by atoms with Crippen molar-refractivity contribution in [2.45, 2.75) is 38.4 Å². The quantitative estimate of drug-likeness (QED) is 0.511. The molecule has 0 saturated carbocycles. The topological polar surface area (TPSA) is 95.9 Å². The van der Waals surface area contributed by atoms with Crippen LogP contribution in [0.4, 0.5) is 18.9 Å². The van der Waals surface area contributed by atoms with Crippen LogP contribution in [0.25, 0.3) is 0 Å². The first-order valence-electron chi connectivity index (χ1n) is 13.6. The molecule has 0 unspecified atom stereocenters. The minimum atomic E-state index is -4.46. The van der Waals surface area contributed by atoms with E-state index in [4.69, 9.17) is 23.1 Å². The summed E-state index contributed by atoms with van der Waals surface area (Å²) >= 11 is 6.07. The molecule has 2 aliphatic heterocycles. The van der Waals surface area contributed by atoms with E-state index in [1.807, 2.05) is 30.9 Å². The zero-order chi connectivity index (χ0) is 29.2. The Kier molecular flexibility index (Phi) is 9.32. The third-order valence-corrected chi connectivity index (χ3v) is 8.13. The van der Waals surface area contributed by atoms with Crippen molar-refractivity contribution in [3.63, 3.8) is 0 Å². The Labute approximate surface area is 238 Å². The first-order chi connectivity index (χ1) is 18.9. The fraction of sp³-hybridized carbons (Fsp3) is 0.517. The maximum Gasteiger partial charge on any atom is 0.416 e. The predicted octanol–water partition coefficient (Wildman–Crippen LogP) is 4.25. The molecule has 2 aliphatic rings. The number of anilines is 1. The van der Waals surface area contributed by atoms with Crippen molar-refractivity contribution in [2.24, 2.45) is 23.3 Å². The van der Waals surface area contributed by atoms with Crippen molar-refractivity contribution in [2.75, 3.05) is 50.7 Å². The van der Waals surface area contributed by atoms with Crippen molar-refractivity contribution in [1.82, 2.24) is 9.80 Å². The van der Waals surface area contributed by atoms with Crippen LogP contribution < -0.4 is 16.4 Å². The lowest BCUT2D eigenvalue weighted by atomic mass is 9.88. The molecule has 218 valence electrons. The molecule has 4 N–H and O–H groups in total. The van der Waals surface area contributed by atoms with Gasteiger partial charge in [-0.2, -0.15) is 13.2 Å². The molecule has 40 heavy (non-hydrogen) atoms. The highest BCUT2D eigenvalue weighted by Gasteiger charge is 2.42. The van der Waals surface area contributed by atoms with Gasteiger partial charge in [0.25, 0.3) is 0 Å². The molecular weight excluding hydrogens is 543 g/mol. The Bertz CT molecular complexity index is 1200. The van der Waals surface area contributed by atoms with Gasteiger partial charge < -0.3 is 26.2 Å². The normalized spacial score (nSPS) is 20.8. The molecule has 2 heterocycles. The van der Waals surface area contributed by atoms with E-state index >= 15 is 0 Å². The lowest BCUT2D eigenvalue weighted by Gasteiger charge is -2.39. The number of hydrogen-bond acceptors (Lipinski definition) is 5. The van der Waals surface area contributed by atoms with E-state index < -0.39 is 23.7 Å². The number of hydrogen-bond donors (Lipinski definition) is 2. The highest BCUT2D eigenvalue weighted by molar-refractivity contribution is 6.30. The first kappa shape index (κ1) is 30.1. The fourth-order valence-corrected chi connectivity index (χ4v) is 5.91. The van der Waals surface area contributed by atoms with Gasteiger partial charge in [-0.1, -0.05) is 37.6 Å². The standard InChI is InChI=1S/C29H37ClF3N5O2/c1-18(2)13-25(35)22-14-20(29(31,32)33)5-8-26(22)36-9-11-37(12-10-36)28(40)24-17-38(27(39)15-34)16-23(24)19-3-6-21(30)7-4-19/h3-8,14,18,23-25H,9-13,15-17,34-35H2,1-2H3/t23-,24+,25+/m1/s1. The SMILES string of the molecule is CC(C)C[C@H](N)c1cc(C(F)(F)F)ccc1N1CCN(C(=O)[C@H]2CN(C(=O)CN)C[C@@H]2c2ccc(Cl)cc2)CC1. The average molecular weight is 580 g/mol. The van der Waals surface area contributed by atoms with Crippen LogP contribution in [-0.4, -0.2) is 67.4 Å². The summed E-state index contributed by atoms with van der Waals surface area (Å²) < 4.78 is 40.5. The van der Waals surface area contributed by atoms with Crippen molar-refractivity contribution in [3.8, 4) is 0 Å². The molecule has 4 rings (SSSR count). The maximum atomic E-state index is 13.8. The number of nitrogens with two attached hydrogens (primary N) is 2. The molecule has 2 aromatic rings. The number of rotatable bonds is 7. The van der Waals surface area contributed by atoms with Gasteiger partial charge in [-0.15, -0.1) is 0 Å². The molecule has 11 heteroatoms. The lowest BCUT2D eigenvalue weighted by molar-refractivity contribution is -0.138. The zero-order valence-corrected chi connectivity index (χ0v) is 23.6. The highest BCUT2D eigenvalue weighted by atomic mass is 35.5. The number of piperazine rings is 1. The Morgan fingerprint density at radius 3 is 2.23 bits per heavy atom. The molecule has 3 atom stereocenters. The smallest absolute Gasteiger partial charge is 0.368 e. The second-order valence-electron chi connectivity index (χ2n) is 11.1. The molecule has 0 aromatic heterocycles. The van der Waals surface area contributed by atoms with Crippen LogP contribution >= 0.6 is 11.6 Å². The van der Waals surface area contributed by atoms with Gasteiger partial charge in [-0.25, -0.2) is 0 Å². The summed E-state index contributed by atoms with van der Waals surface area (Å²) in [4.78, 5) is 31.6. The third kappa shape index (κ3) is 6.72. The van der Waals surface area contributed by atoms with Gasteiger partial charge in [0.15, 0.2) is 0 Å². The van der Waals surface area contributed by atoms with E-state index in [9.17, 15) is 22.8 Å². The monoisotopic (exact) mass is 579 g/mol. The van der Waals surface area contributed by atoms with E-state index in [2.05, 4.69) is 0 Å². The zero-order valence-electron chi connectivity index (χ0n) is 22.8. The van der Waals surface area contributed by atoms with Crippen LogP contribution in [0.15, 0.2) is 42.5 Å². The van der Waals surface area contributed by atoms with Crippen LogP contribution in [0.3, 0.4) is 0 Å². The number of carbonyl (C=O) groups excluding carboxylic acids is 2. The summed E-state index contributed by atoms with van der Waals surface area (Å²) in [5, 5.41) is 0.589. The number of halogens is 4. The largest absolute Gasteiger partial charge is 0.416 e. The molecule has 2 fully saturated rings. The highest BCUT2D eigenvalue weighted by Crippen LogP contribution is 2.38. The van der Waals surface area contributed by atoms with Crippen LogP contribution in [0.1, 0.15) is 48.9 Å². The summed E-state index contributed by atoms with van der Waals surface area (Å²) in [5.41, 5.74) is 13.4. The molecule has 0 radical (unpaired) electrons. The van der Waals surface area contributed by atoms with Gasteiger partial charge in [-0.05, 0) is 53.8 Å². The number of nitrogens with zero attached hydrogens (tertiary/aromatic N) is 3. The number of alkyl halides is 3. The van der Waals surface area contributed by atoms with E-state index in [0.29, 0.717) is 55.4 Å². The van der Waals surface area contributed by atoms with Crippen LogP contribution in [0.2, 0.25) is 5.02 Å². The van der Waals surface area contributed by atoms with Gasteiger partial charge in [-0.3, -0.25) is 9.59 Å². The summed E-state index contributed by atoms with van der Waals surface area (Å²) in [6.07, 6.45) is -3.91. The Balaban J connectivity index is 1.51. The molecule has 2 aromatic carbocycles. The summed E-state index contributed by atoms with van der Waals surface area (Å²) in [6.45, 7) is 6.28. The second-order valence-corrected chi connectivity index (χ2v) is 11.5. The number of amides is 2. The maximum absolute atomic E-state index is 13.8. The first-order valence-corrected chi connectivity index (χ1v) is 14.0. The van der Waals surface area contributed by atoms with Gasteiger partial charge in [0.1, 0.15) is 0 Å². The molecule has 0 aliphatic carbocycles. The van der Waals surface area contributed by atoms with E-state index in [0.717, 1.165) is 17.7 Å². The number of likely N-dealkylation sites (tertiary alicyclic amines) is 1. The molecule has 2 amide bonds. The summed E-state index contributed by atoms with van der Waals surface area (Å²) in [6, 6.07) is 10.5. The molecule has 7 nitrogen and oxygen atoms in total. The molecule has 2 saturated heterocycles. The predicted molar refractivity (Wildman–Crippen MR) is 150 cm³/mol. The van der Waals surface area contributed by atoms with Crippen molar-refractivity contribution in [1.29, 1.82) is 0 Å². The Hall–Kier alpha value is -2.82. The van der Waals surface area contributed by atoms with Gasteiger partial charge in [0.05, 0.1) is 18.0 Å². The van der Waals surface area contributed by atoms with E-state index in [1.165, 1.54) is 6.07 Å². The lowest BCUT2D eigenvalue weighted by Crippen LogP contribution is -2.51. The summed E-state index contributed by atoms with van der Waals surface area (Å²) in [5.74, 6) is -0.640. The fourth-order valence-electron chi connectivity index (χ4n) is 5.79. The van der Waals surface area contributed by atoms with E-state index in [-0.39, 0.29) is 36.7 Å². The van der Waals surface area contributed by atoms with Crippen molar-refractivity contribution < 1.29 is 22.8 Å². The second kappa shape index (κ2) is 12.4. The minimum absolute atomic E-state index is 0.0453. The number of benzene rings is 2. The Morgan fingerprint density at radius 2 is 1.65 bits per heavy atom. The van der Waals surface area contributed by atoms with Crippen LogP contribution in [0.5, 0.6) is 0 Å². The summed E-state index contributed by atoms with van der Waals surface area (Å²) in [7, 11) is 0. The van der Waals surface area contributed by atoms with Gasteiger partial charge in [0.2, 0.25) is 11.8 Å². The molecule has 0 spiro atoms. The number of carbonyl (C=O) groups is 2. The Morgan fingerprint density at radius 1 is 1.00 bits per heavy atom. The van der Waals surface area contributed by atoms with Crippen molar-refractivity contribution in [3.05, 3.63) is 64.2 Å². The molecule has 0 bridgehead atoms. The van der Waals surface area contributed by atoms with Gasteiger partial charge >= 0.3 is 6.18 Å². The minimum Gasteiger partial charge on any atom is -0.368 e. The molecular formula is C29H37ClF3N5O2. The van der Waals surface area contributed by atoms with E-state index in [1.54, 1.807) is 21.9 Å². The van der Waals surface area contributed by atoms with Crippen molar-refractivity contribution >= 4 is 29.1 Å². The van der Waals surface area contributed by atoms with Crippen LogP contribution in [0, 0.1) is 11.8 Å².